The lowest BCUT2D eigenvalue weighted by Gasteiger charge is -2.30. The minimum Gasteiger partial charge on any atom is -0.393 e. The molecule has 2 aliphatic heterocycles. The summed E-state index contributed by atoms with van der Waals surface area (Å²) in [5.74, 6) is -1.03. The number of allylic oxidation sites excluding steroid dienone is 2. The SMILES string of the molecule is COC(CNC(=O)c1c(C)[nH]c(/C=C2\C(=O)NC3CC=C(F)C=C23)c1C)CC(=O)N1CCC(O)CC1. The van der Waals surface area contributed by atoms with Crippen molar-refractivity contribution in [1.82, 2.24) is 20.5 Å². The first-order valence-electron chi connectivity index (χ1n) is 12.2. The van der Waals surface area contributed by atoms with Gasteiger partial charge < -0.3 is 30.4 Å². The van der Waals surface area contributed by atoms with Gasteiger partial charge in [-0.1, -0.05) is 0 Å². The second kappa shape index (κ2) is 10.8. The molecule has 0 bridgehead atoms. The Morgan fingerprint density at radius 2 is 2.06 bits per heavy atom. The number of fused-ring (bicyclic) bond motifs is 1. The van der Waals surface area contributed by atoms with Gasteiger partial charge in [0.1, 0.15) is 5.83 Å². The first-order valence-corrected chi connectivity index (χ1v) is 12.2. The van der Waals surface area contributed by atoms with Crippen molar-refractivity contribution in [3.05, 3.63) is 51.6 Å². The molecule has 1 aromatic rings. The fourth-order valence-corrected chi connectivity index (χ4v) is 4.96. The Morgan fingerprint density at radius 3 is 2.75 bits per heavy atom. The maximum Gasteiger partial charge on any atom is 0.253 e. The van der Waals surface area contributed by atoms with Gasteiger partial charge in [0.05, 0.1) is 30.2 Å². The Bertz CT molecular complexity index is 1140. The number of aryl methyl sites for hydroxylation is 1. The van der Waals surface area contributed by atoms with Crippen LogP contribution in [0.3, 0.4) is 0 Å². The number of piperidine rings is 1. The zero-order valence-electron chi connectivity index (χ0n) is 20.8. The number of hydrogen-bond acceptors (Lipinski definition) is 5. The number of halogens is 1. The van der Waals surface area contributed by atoms with Gasteiger partial charge in [-0.3, -0.25) is 14.4 Å². The molecular formula is C26H33FN4O5. The minimum absolute atomic E-state index is 0.0673. The van der Waals surface area contributed by atoms with Crippen LogP contribution in [0.1, 0.15) is 53.0 Å². The molecule has 0 spiro atoms. The van der Waals surface area contributed by atoms with E-state index < -0.39 is 6.10 Å². The summed E-state index contributed by atoms with van der Waals surface area (Å²) >= 11 is 0. The standard InChI is InChI=1S/C26H33FN4O5/c1-14-22(12-20-19-10-16(27)4-5-21(19)30-25(20)34)29-15(2)24(14)26(35)28-13-18(36-3)11-23(33)31-8-6-17(32)7-9-31/h4,10,12,17-18,21,29,32H,5-9,11,13H2,1-3H3,(H,28,35)(H,30,34)/b20-12-. The first-order chi connectivity index (χ1) is 17.2. The summed E-state index contributed by atoms with van der Waals surface area (Å²) in [7, 11) is 1.50. The van der Waals surface area contributed by atoms with Crippen molar-refractivity contribution in [3.63, 3.8) is 0 Å². The van der Waals surface area contributed by atoms with E-state index in [2.05, 4.69) is 15.6 Å². The van der Waals surface area contributed by atoms with Gasteiger partial charge in [0, 0.05) is 43.7 Å². The van der Waals surface area contributed by atoms with Gasteiger partial charge in [-0.15, -0.1) is 0 Å². The molecule has 1 aliphatic carbocycles. The molecule has 2 fully saturated rings. The van der Waals surface area contributed by atoms with Crippen LogP contribution in [-0.2, 0) is 14.3 Å². The number of methoxy groups -OCH3 is 1. The number of ether oxygens (including phenoxy) is 1. The van der Waals surface area contributed by atoms with Crippen LogP contribution in [0, 0.1) is 13.8 Å². The third kappa shape index (κ3) is 5.44. The number of aliphatic hydroxyl groups is 1. The number of aliphatic hydroxyl groups excluding tert-OH is 1. The fourth-order valence-electron chi connectivity index (χ4n) is 4.96. The number of carbonyl (C=O) groups is 3. The van der Waals surface area contributed by atoms with Crippen LogP contribution in [0.4, 0.5) is 4.39 Å². The summed E-state index contributed by atoms with van der Waals surface area (Å²) in [5.41, 5.74) is 3.33. The quantitative estimate of drug-likeness (QED) is 0.425. The number of aromatic nitrogens is 1. The average molecular weight is 501 g/mol. The van der Waals surface area contributed by atoms with E-state index in [-0.39, 0.29) is 48.7 Å². The van der Waals surface area contributed by atoms with Crippen LogP contribution >= 0.6 is 0 Å². The number of hydrogen-bond donors (Lipinski definition) is 4. The van der Waals surface area contributed by atoms with Crippen molar-refractivity contribution < 1.29 is 28.6 Å². The molecule has 3 amide bonds. The van der Waals surface area contributed by atoms with E-state index in [1.54, 1.807) is 24.8 Å². The topological polar surface area (TPSA) is 124 Å². The molecule has 36 heavy (non-hydrogen) atoms. The van der Waals surface area contributed by atoms with Gasteiger partial charge in [-0.2, -0.15) is 0 Å². The van der Waals surface area contributed by atoms with E-state index in [4.69, 9.17) is 4.74 Å². The first kappa shape index (κ1) is 25.8. The van der Waals surface area contributed by atoms with Crippen LogP contribution in [0.15, 0.2) is 29.1 Å². The lowest BCUT2D eigenvalue weighted by molar-refractivity contribution is -0.135. The van der Waals surface area contributed by atoms with Crippen LogP contribution in [0.5, 0.6) is 0 Å². The third-order valence-corrected chi connectivity index (χ3v) is 7.11. The van der Waals surface area contributed by atoms with Gasteiger partial charge >= 0.3 is 0 Å². The van der Waals surface area contributed by atoms with Crippen LogP contribution in [0.25, 0.3) is 6.08 Å². The van der Waals surface area contributed by atoms with E-state index in [1.165, 1.54) is 19.3 Å². The van der Waals surface area contributed by atoms with E-state index in [0.29, 0.717) is 66.0 Å². The molecule has 4 N–H and O–H groups in total. The average Bonchev–Trinajstić information content (AvgIpc) is 3.31. The van der Waals surface area contributed by atoms with Gasteiger partial charge in [0.2, 0.25) is 5.91 Å². The molecule has 1 aromatic heterocycles. The van der Waals surface area contributed by atoms with Crippen LogP contribution in [0.2, 0.25) is 0 Å². The molecule has 0 saturated carbocycles. The zero-order valence-corrected chi connectivity index (χ0v) is 20.8. The van der Waals surface area contributed by atoms with E-state index in [0.717, 1.165) is 0 Å². The van der Waals surface area contributed by atoms with Crippen molar-refractivity contribution >= 4 is 23.8 Å². The highest BCUT2D eigenvalue weighted by atomic mass is 19.1. The number of rotatable bonds is 7. The third-order valence-electron chi connectivity index (χ3n) is 7.11. The molecule has 2 atom stereocenters. The summed E-state index contributed by atoms with van der Waals surface area (Å²) in [6.45, 7) is 4.74. The van der Waals surface area contributed by atoms with Crippen LogP contribution in [-0.4, -0.2) is 77.7 Å². The Kier molecular flexibility index (Phi) is 7.75. The largest absolute Gasteiger partial charge is 0.393 e. The maximum absolute atomic E-state index is 13.8. The molecule has 4 rings (SSSR count). The van der Waals surface area contributed by atoms with E-state index in [1.807, 2.05) is 0 Å². The number of nitrogens with one attached hydrogen (secondary N) is 3. The second-order valence-corrected chi connectivity index (χ2v) is 9.56. The Morgan fingerprint density at radius 1 is 1.33 bits per heavy atom. The second-order valence-electron chi connectivity index (χ2n) is 9.56. The Hall–Kier alpha value is -3.24. The lowest BCUT2D eigenvalue weighted by atomic mass is 9.95. The number of amides is 3. The van der Waals surface area contributed by atoms with Crippen molar-refractivity contribution in [2.24, 2.45) is 0 Å². The van der Waals surface area contributed by atoms with Crippen molar-refractivity contribution in [2.75, 3.05) is 26.7 Å². The molecule has 2 saturated heterocycles. The summed E-state index contributed by atoms with van der Waals surface area (Å²) in [6, 6.07) is -0.244. The Labute approximate surface area is 209 Å². The molecular weight excluding hydrogens is 467 g/mol. The van der Waals surface area contributed by atoms with Crippen molar-refractivity contribution in [3.8, 4) is 0 Å². The molecule has 3 aliphatic rings. The smallest absolute Gasteiger partial charge is 0.253 e. The predicted octanol–water partition coefficient (Wildman–Crippen LogP) is 1.82. The molecule has 2 unspecified atom stereocenters. The van der Waals surface area contributed by atoms with Crippen molar-refractivity contribution in [2.45, 2.75) is 57.8 Å². The number of carbonyl (C=O) groups excluding carboxylic acids is 3. The summed E-state index contributed by atoms with van der Waals surface area (Å²) in [4.78, 5) is 43.0. The van der Waals surface area contributed by atoms with Gasteiger partial charge in [0.25, 0.3) is 11.8 Å². The number of nitrogens with zero attached hydrogens (tertiary/aromatic N) is 1. The molecule has 3 heterocycles. The fraction of sp³-hybridized carbons (Fsp3) is 0.500. The predicted molar refractivity (Wildman–Crippen MR) is 132 cm³/mol. The van der Waals surface area contributed by atoms with Crippen molar-refractivity contribution in [1.29, 1.82) is 0 Å². The summed E-state index contributed by atoms with van der Waals surface area (Å²) < 4.78 is 19.2. The molecule has 9 nitrogen and oxygen atoms in total. The monoisotopic (exact) mass is 500 g/mol. The van der Waals surface area contributed by atoms with Gasteiger partial charge in [0.15, 0.2) is 0 Å². The highest BCUT2D eigenvalue weighted by molar-refractivity contribution is 6.07. The molecule has 0 aromatic carbocycles. The molecule has 0 radical (unpaired) electrons. The van der Waals surface area contributed by atoms with Crippen LogP contribution < -0.4 is 10.6 Å². The zero-order chi connectivity index (χ0) is 26.0. The minimum atomic E-state index is -0.491. The number of H-pyrrole nitrogens is 1. The van der Waals surface area contributed by atoms with Gasteiger partial charge in [-0.25, -0.2) is 4.39 Å². The molecule has 194 valence electrons. The number of aromatic amines is 1. The lowest BCUT2D eigenvalue weighted by Crippen LogP contribution is -2.43. The highest BCUT2D eigenvalue weighted by Crippen LogP contribution is 2.32. The summed E-state index contributed by atoms with van der Waals surface area (Å²) in [6.07, 6.45) is 5.29. The highest BCUT2D eigenvalue weighted by Gasteiger charge is 2.34. The van der Waals surface area contributed by atoms with E-state index >= 15 is 0 Å². The summed E-state index contributed by atoms with van der Waals surface area (Å²) in [5, 5.41) is 15.3. The molecule has 10 heteroatoms. The normalized spacial score (nSPS) is 22.1. The Balaban J connectivity index is 1.42. The van der Waals surface area contributed by atoms with E-state index in [9.17, 15) is 23.9 Å². The van der Waals surface area contributed by atoms with Gasteiger partial charge in [-0.05, 0) is 62.5 Å². The maximum atomic E-state index is 13.8. The number of likely N-dealkylation sites (tertiary alicyclic amines) is 1.